The van der Waals surface area contributed by atoms with Gasteiger partial charge in [0.1, 0.15) is 11.6 Å². The highest BCUT2D eigenvalue weighted by Gasteiger charge is 2.24. The van der Waals surface area contributed by atoms with E-state index in [-0.39, 0.29) is 12.5 Å². The molecular formula is C26H34F3N7O. The molecular weight excluding hydrogens is 483 g/mol. The van der Waals surface area contributed by atoms with Crippen molar-refractivity contribution in [2.75, 3.05) is 69.4 Å². The number of fused-ring (bicyclic) bond motifs is 1. The molecule has 0 atom stereocenters. The predicted octanol–water partition coefficient (Wildman–Crippen LogP) is 4.46. The first-order valence-electron chi connectivity index (χ1n) is 13.1. The molecule has 2 aliphatic heterocycles. The molecule has 1 aromatic carbocycles. The SMILES string of the molecule is FCCCCN1CCC(CNc2nc(N3CCOCC3)cc(-n3c(C(F)F)nc4ccccc43)n2)CC1. The molecule has 0 unspecified atom stereocenters. The number of rotatable bonds is 10. The third-order valence-corrected chi connectivity index (χ3v) is 7.16. The van der Waals surface area contributed by atoms with Gasteiger partial charge >= 0.3 is 0 Å². The van der Waals surface area contributed by atoms with Crippen LogP contribution in [0.15, 0.2) is 30.3 Å². The normalized spacial score (nSPS) is 17.7. The van der Waals surface area contributed by atoms with E-state index in [1.165, 1.54) is 4.57 Å². The van der Waals surface area contributed by atoms with Gasteiger partial charge in [-0.2, -0.15) is 9.97 Å². The Morgan fingerprint density at radius 3 is 2.49 bits per heavy atom. The van der Waals surface area contributed by atoms with E-state index in [1.807, 2.05) is 6.07 Å². The van der Waals surface area contributed by atoms with Crippen molar-refractivity contribution in [3.63, 3.8) is 0 Å². The van der Waals surface area contributed by atoms with Crippen LogP contribution in [-0.4, -0.2) is 83.6 Å². The Kier molecular flexibility index (Phi) is 8.40. The fourth-order valence-electron chi connectivity index (χ4n) is 5.08. The first-order valence-corrected chi connectivity index (χ1v) is 13.1. The van der Waals surface area contributed by atoms with E-state index in [9.17, 15) is 13.2 Å². The number of alkyl halides is 3. The van der Waals surface area contributed by atoms with Crippen LogP contribution < -0.4 is 10.2 Å². The zero-order chi connectivity index (χ0) is 25.6. The fourth-order valence-corrected chi connectivity index (χ4v) is 5.08. The van der Waals surface area contributed by atoms with Crippen LogP contribution in [0.2, 0.25) is 0 Å². The number of aromatic nitrogens is 4. The summed E-state index contributed by atoms with van der Waals surface area (Å²) >= 11 is 0. The maximum Gasteiger partial charge on any atom is 0.296 e. The van der Waals surface area contributed by atoms with Gasteiger partial charge in [0.2, 0.25) is 5.95 Å². The van der Waals surface area contributed by atoms with Crippen LogP contribution in [0, 0.1) is 5.92 Å². The lowest BCUT2D eigenvalue weighted by molar-refractivity contribution is 0.122. The minimum Gasteiger partial charge on any atom is -0.378 e. The quantitative estimate of drug-likeness (QED) is 0.398. The second kappa shape index (κ2) is 12.1. The Labute approximate surface area is 214 Å². The summed E-state index contributed by atoms with van der Waals surface area (Å²) in [6.45, 7) is 5.91. The number of nitrogens with one attached hydrogen (secondary N) is 1. The number of hydrogen-bond donors (Lipinski definition) is 1. The maximum absolute atomic E-state index is 14.0. The Morgan fingerprint density at radius 2 is 1.73 bits per heavy atom. The molecule has 0 radical (unpaired) electrons. The van der Waals surface area contributed by atoms with E-state index < -0.39 is 6.43 Å². The van der Waals surface area contributed by atoms with Crippen molar-refractivity contribution in [3.8, 4) is 5.82 Å². The molecule has 8 nitrogen and oxygen atoms in total. The molecule has 0 amide bonds. The van der Waals surface area contributed by atoms with Crippen molar-refractivity contribution in [1.29, 1.82) is 0 Å². The van der Waals surface area contributed by atoms with Crippen LogP contribution in [0.25, 0.3) is 16.9 Å². The van der Waals surface area contributed by atoms with Gasteiger partial charge in [-0.3, -0.25) is 8.96 Å². The molecule has 0 bridgehead atoms. The molecule has 2 aromatic heterocycles. The number of imidazole rings is 1. The first-order chi connectivity index (χ1) is 18.1. The lowest BCUT2D eigenvalue weighted by Gasteiger charge is -2.32. The van der Waals surface area contributed by atoms with Crippen LogP contribution >= 0.6 is 0 Å². The molecule has 0 aliphatic carbocycles. The number of morpholine rings is 1. The number of para-hydroxylation sites is 2. The van der Waals surface area contributed by atoms with Crippen molar-refractivity contribution in [2.45, 2.75) is 32.1 Å². The zero-order valence-electron chi connectivity index (χ0n) is 21.0. The number of unbranched alkanes of at least 4 members (excludes halogenated alkanes) is 1. The van der Waals surface area contributed by atoms with E-state index >= 15 is 0 Å². The molecule has 37 heavy (non-hydrogen) atoms. The highest BCUT2D eigenvalue weighted by atomic mass is 19.3. The van der Waals surface area contributed by atoms with Gasteiger partial charge in [-0.25, -0.2) is 13.8 Å². The minimum atomic E-state index is -2.75. The number of likely N-dealkylation sites (tertiary alicyclic amines) is 1. The smallest absolute Gasteiger partial charge is 0.296 e. The number of hydrogen-bond acceptors (Lipinski definition) is 7. The molecule has 3 aromatic rings. The number of nitrogens with zero attached hydrogens (tertiary/aromatic N) is 6. The maximum atomic E-state index is 14.0. The Balaban J connectivity index is 1.38. The van der Waals surface area contributed by atoms with Crippen molar-refractivity contribution in [2.24, 2.45) is 5.92 Å². The van der Waals surface area contributed by atoms with Gasteiger partial charge in [0.05, 0.1) is 30.9 Å². The number of piperidine rings is 1. The van der Waals surface area contributed by atoms with Gasteiger partial charge in [-0.05, 0) is 63.4 Å². The number of benzene rings is 1. The summed E-state index contributed by atoms with van der Waals surface area (Å²) in [5.74, 6) is 1.59. The van der Waals surface area contributed by atoms with Gasteiger partial charge < -0.3 is 19.9 Å². The van der Waals surface area contributed by atoms with Crippen molar-refractivity contribution in [3.05, 3.63) is 36.2 Å². The Morgan fingerprint density at radius 1 is 0.973 bits per heavy atom. The molecule has 200 valence electrons. The molecule has 2 saturated heterocycles. The van der Waals surface area contributed by atoms with Gasteiger partial charge in [-0.1, -0.05) is 12.1 Å². The number of halogens is 3. The van der Waals surface area contributed by atoms with E-state index in [1.54, 1.807) is 24.3 Å². The minimum absolute atomic E-state index is 0.250. The summed E-state index contributed by atoms with van der Waals surface area (Å²) in [5.41, 5.74) is 1.08. The van der Waals surface area contributed by atoms with Gasteiger partial charge in [-0.15, -0.1) is 0 Å². The van der Waals surface area contributed by atoms with Crippen molar-refractivity contribution < 1.29 is 17.9 Å². The van der Waals surface area contributed by atoms with Crippen LogP contribution in [0.4, 0.5) is 24.9 Å². The first kappa shape index (κ1) is 25.7. The molecule has 4 heterocycles. The van der Waals surface area contributed by atoms with Crippen LogP contribution in [-0.2, 0) is 4.74 Å². The lowest BCUT2D eigenvalue weighted by atomic mass is 9.96. The predicted molar refractivity (Wildman–Crippen MR) is 138 cm³/mol. The highest BCUT2D eigenvalue weighted by Crippen LogP contribution is 2.29. The second-order valence-corrected chi connectivity index (χ2v) is 9.66. The van der Waals surface area contributed by atoms with Gasteiger partial charge in [0.15, 0.2) is 5.82 Å². The fraction of sp³-hybridized carbons (Fsp3) is 0.577. The third-order valence-electron chi connectivity index (χ3n) is 7.16. The molecule has 11 heteroatoms. The van der Waals surface area contributed by atoms with Crippen LogP contribution in [0.3, 0.4) is 0 Å². The average molecular weight is 518 g/mol. The summed E-state index contributed by atoms with van der Waals surface area (Å²) in [4.78, 5) is 18.1. The lowest BCUT2D eigenvalue weighted by Crippen LogP contribution is -2.37. The van der Waals surface area contributed by atoms with Gasteiger partial charge in [0, 0.05) is 25.7 Å². The monoisotopic (exact) mass is 517 g/mol. The van der Waals surface area contributed by atoms with Crippen molar-refractivity contribution in [1.82, 2.24) is 24.4 Å². The van der Waals surface area contributed by atoms with E-state index in [0.29, 0.717) is 73.8 Å². The summed E-state index contributed by atoms with van der Waals surface area (Å²) in [7, 11) is 0. The topological polar surface area (TPSA) is 71.3 Å². The molecule has 5 rings (SSSR count). The molecule has 2 aliphatic rings. The zero-order valence-corrected chi connectivity index (χ0v) is 21.0. The van der Waals surface area contributed by atoms with Crippen LogP contribution in [0.5, 0.6) is 0 Å². The van der Waals surface area contributed by atoms with Crippen LogP contribution in [0.1, 0.15) is 37.9 Å². The highest BCUT2D eigenvalue weighted by molar-refractivity contribution is 5.78. The second-order valence-electron chi connectivity index (χ2n) is 9.66. The van der Waals surface area contributed by atoms with Crippen molar-refractivity contribution >= 4 is 22.8 Å². The van der Waals surface area contributed by atoms with E-state index in [4.69, 9.17) is 9.72 Å². The Hall–Kier alpha value is -2.92. The standard InChI is InChI=1S/C26H34F3N7O/c27-9-3-4-10-34-11-7-19(8-12-34)18-30-26-32-22(35-13-15-37-16-14-35)17-23(33-26)36-21-6-2-1-5-20(21)31-25(36)24(28)29/h1-2,5-6,17,19,24H,3-4,7-16,18H2,(H,30,32,33). The summed E-state index contributed by atoms with van der Waals surface area (Å²) in [6.07, 6.45) is 0.856. The number of ether oxygens (including phenoxy) is 1. The summed E-state index contributed by atoms with van der Waals surface area (Å²) in [6, 6.07) is 8.85. The average Bonchev–Trinajstić information content (AvgIpc) is 3.33. The van der Waals surface area contributed by atoms with Gasteiger partial charge in [0.25, 0.3) is 6.43 Å². The Bertz CT molecular complexity index is 1160. The largest absolute Gasteiger partial charge is 0.378 e. The molecule has 2 fully saturated rings. The van der Waals surface area contributed by atoms with E-state index in [2.05, 4.69) is 25.1 Å². The van der Waals surface area contributed by atoms with E-state index in [0.717, 1.165) is 38.9 Å². The summed E-state index contributed by atoms with van der Waals surface area (Å²) < 4.78 is 47.4. The molecule has 0 saturated carbocycles. The third kappa shape index (κ3) is 6.15. The molecule has 1 N–H and O–H groups in total. The molecule has 0 spiro atoms. The number of anilines is 2. The summed E-state index contributed by atoms with van der Waals surface area (Å²) in [5, 5.41) is 3.39.